The van der Waals surface area contributed by atoms with Crippen LogP contribution in [0.4, 0.5) is 5.69 Å². The first kappa shape index (κ1) is 11.1. The van der Waals surface area contributed by atoms with Gasteiger partial charge in [0.05, 0.1) is 6.04 Å². The number of benzene rings is 2. The Hall–Kier alpha value is -2.02. The van der Waals surface area contributed by atoms with Gasteiger partial charge in [0, 0.05) is 12.7 Å². The lowest BCUT2D eigenvalue weighted by Crippen LogP contribution is -2.23. The Labute approximate surface area is 108 Å². The van der Waals surface area contributed by atoms with Crippen LogP contribution >= 0.6 is 0 Å². The Morgan fingerprint density at radius 1 is 0.944 bits per heavy atom. The zero-order valence-corrected chi connectivity index (χ0v) is 10.6. The van der Waals surface area contributed by atoms with Crippen LogP contribution in [0.5, 0.6) is 0 Å². The molecule has 1 heteroatoms. The van der Waals surface area contributed by atoms with Crippen molar-refractivity contribution in [2.45, 2.75) is 12.5 Å². The molecular weight excluding hydrogens is 218 g/mol. The number of rotatable bonds is 1. The number of hydrogen-bond donors (Lipinski definition) is 0. The number of anilines is 1. The fourth-order valence-corrected chi connectivity index (χ4v) is 2.63. The van der Waals surface area contributed by atoms with E-state index in [4.69, 9.17) is 0 Å². The van der Waals surface area contributed by atoms with Gasteiger partial charge in [-0.1, -0.05) is 60.7 Å². The Morgan fingerprint density at radius 3 is 2.50 bits per heavy atom. The Balaban J connectivity index is 2.03. The number of fused-ring (bicyclic) bond motifs is 1. The lowest BCUT2D eigenvalue weighted by Gasteiger charge is -2.29. The highest BCUT2D eigenvalue weighted by Crippen LogP contribution is 2.34. The maximum atomic E-state index is 2.38. The molecule has 90 valence electrons. The van der Waals surface area contributed by atoms with Crippen molar-refractivity contribution in [3.63, 3.8) is 0 Å². The summed E-state index contributed by atoms with van der Waals surface area (Å²) in [5, 5.41) is 0. The van der Waals surface area contributed by atoms with E-state index in [1.54, 1.807) is 0 Å². The second-order valence-electron chi connectivity index (χ2n) is 4.73. The fourth-order valence-electron chi connectivity index (χ4n) is 2.63. The first-order chi connectivity index (χ1) is 8.86. The number of para-hydroxylation sites is 1. The van der Waals surface area contributed by atoms with E-state index >= 15 is 0 Å². The summed E-state index contributed by atoms with van der Waals surface area (Å²) < 4.78 is 0. The van der Waals surface area contributed by atoms with Gasteiger partial charge in [-0.2, -0.15) is 0 Å². The molecule has 1 aliphatic rings. The van der Waals surface area contributed by atoms with Crippen LogP contribution in [0.2, 0.25) is 0 Å². The van der Waals surface area contributed by atoms with Crippen LogP contribution in [0.3, 0.4) is 0 Å². The molecule has 0 amide bonds. The van der Waals surface area contributed by atoms with Gasteiger partial charge in [-0.15, -0.1) is 0 Å². The molecule has 0 bridgehead atoms. The van der Waals surface area contributed by atoms with Gasteiger partial charge in [-0.3, -0.25) is 0 Å². The minimum Gasteiger partial charge on any atom is -0.367 e. The Morgan fingerprint density at radius 2 is 1.67 bits per heavy atom. The van der Waals surface area contributed by atoms with Gasteiger partial charge in [0.15, 0.2) is 0 Å². The monoisotopic (exact) mass is 235 g/mol. The highest BCUT2D eigenvalue weighted by Gasteiger charge is 2.19. The molecule has 1 heterocycles. The van der Waals surface area contributed by atoms with E-state index in [0.717, 1.165) is 6.42 Å². The van der Waals surface area contributed by atoms with Gasteiger partial charge >= 0.3 is 0 Å². The van der Waals surface area contributed by atoms with E-state index in [9.17, 15) is 0 Å². The van der Waals surface area contributed by atoms with Gasteiger partial charge in [0.1, 0.15) is 0 Å². The summed E-state index contributed by atoms with van der Waals surface area (Å²) in [6.45, 7) is 0. The summed E-state index contributed by atoms with van der Waals surface area (Å²) in [6, 6.07) is 19.7. The molecule has 1 atom stereocenters. The van der Waals surface area contributed by atoms with Gasteiger partial charge in [0.25, 0.3) is 0 Å². The fraction of sp³-hybridized carbons (Fsp3) is 0.176. The van der Waals surface area contributed by atoms with E-state index in [0.29, 0.717) is 6.04 Å². The number of hydrogen-bond acceptors (Lipinski definition) is 1. The van der Waals surface area contributed by atoms with Gasteiger partial charge in [0.2, 0.25) is 0 Å². The van der Waals surface area contributed by atoms with Crippen molar-refractivity contribution in [2.75, 3.05) is 11.9 Å². The van der Waals surface area contributed by atoms with E-state index < -0.39 is 0 Å². The van der Waals surface area contributed by atoms with Crippen molar-refractivity contribution >= 4 is 11.8 Å². The Kier molecular flexibility index (Phi) is 2.89. The van der Waals surface area contributed by atoms with Crippen LogP contribution in [-0.2, 0) is 0 Å². The summed E-state index contributed by atoms with van der Waals surface area (Å²) in [6.07, 6.45) is 5.56. The molecule has 0 aromatic heterocycles. The molecule has 0 spiro atoms. The average Bonchev–Trinajstić information content (AvgIpc) is 2.60. The van der Waals surface area contributed by atoms with Gasteiger partial charge in [-0.05, 0) is 23.6 Å². The van der Waals surface area contributed by atoms with E-state index in [1.165, 1.54) is 16.8 Å². The maximum absolute atomic E-state index is 2.38. The third kappa shape index (κ3) is 1.92. The van der Waals surface area contributed by atoms with Crippen LogP contribution < -0.4 is 4.90 Å². The minimum atomic E-state index is 0.422. The third-order valence-electron chi connectivity index (χ3n) is 3.63. The van der Waals surface area contributed by atoms with Crippen LogP contribution in [-0.4, -0.2) is 7.05 Å². The van der Waals surface area contributed by atoms with Crippen molar-refractivity contribution < 1.29 is 0 Å². The van der Waals surface area contributed by atoms with Crippen LogP contribution in [0.25, 0.3) is 6.08 Å². The molecule has 0 radical (unpaired) electrons. The summed E-state index contributed by atoms with van der Waals surface area (Å²) in [4.78, 5) is 2.38. The van der Waals surface area contributed by atoms with Crippen molar-refractivity contribution in [1.82, 2.24) is 0 Å². The normalized spacial score (nSPS) is 18.3. The second kappa shape index (κ2) is 4.69. The van der Waals surface area contributed by atoms with Gasteiger partial charge in [-0.25, -0.2) is 0 Å². The highest BCUT2D eigenvalue weighted by atomic mass is 15.1. The standard InChI is InChI=1S/C17H17N/c1-18-16-12-6-5-10-15(16)11-7-13-17(18)14-8-3-2-4-9-14/h2-12,17H,13H2,1H3. The number of nitrogens with zero attached hydrogens (tertiary/aromatic N) is 1. The Bertz CT molecular complexity index is 557. The smallest absolute Gasteiger partial charge is 0.0573 e. The van der Waals surface area contributed by atoms with E-state index in [-0.39, 0.29) is 0 Å². The molecule has 3 rings (SSSR count). The van der Waals surface area contributed by atoms with Crippen LogP contribution in [0.15, 0.2) is 60.7 Å². The van der Waals surface area contributed by atoms with Crippen molar-refractivity contribution in [3.8, 4) is 0 Å². The SMILES string of the molecule is CN1c2ccccc2C=CCC1c1ccccc1. The summed E-state index contributed by atoms with van der Waals surface area (Å²) in [5.41, 5.74) is 3.99. The minimum absolute atomic E-state index is 0.422. The van der Waals surface area contributed by atoms with Gasteiger partial charge < -0.3 is 4.90 Å². The largest absolute Gasteiger partial charge is 0.367 e. The molecular formula is C17H17N. The lowest BCUT2D eigenvalue weighted by atomic mass is 10.0. The molecule has 0 fully saturated rings. The van der Waals surface area contributed by atoms with Crippen molar-refractivity contribution in [2.24, 2.45) is 0 Å². The van der Waals surface area contributed by atoms with E-state index in [1.807, 2.05) is 0 Å². The molecule has 2 aromatic rings. The summed E-state index contributed by atoms with van der Waals surface area (Å²) in [7, 11) is 2.18. The molecule has 1 nitrogen and oxygen atoms in total. The molecule has 0 saturated carbocycles. The molecule has 18 heavy (non-hydrogen) atoms. The molecule has 2 aromatic carbocycles. The molecule has 0 saturated heterocycles. The molecule has 1 aliphatic heterocycles. The molecule has 0 N–H and O–H groups in total. The first-order valence-corrected chi connectivity index (χ1v) is 6.39. The zero-order chi connectivity index (χ0) is 12.4. The van der Waals surface area contributed by atoms with Crippen LogP contribution in [0, 0.1) is 0 Å². The topological polar surface area (TPSA) is 3.24 Å². The quantitative estimate of drug-likeness (QED) is 0.713. The maximum Gasteiger partial charge on any atom is 0.0573 e. The zero-order valence-electron chi connectivity index (χ0n) is 10.6. The first-order valence-electron chi connectivity index (χ1n) is 6.39. The predicted molar refractivity (Wildman–Crippen MR) is 77.7 cm³/mol. The van der Waals surface area contributed by atoms with Crippen molar-refractivity contribution in [3.05, 3.63) is 71.8 Å². The molecule has 0 aliphatic carbocycles. The van der Waals surface area contributed by atoms with Crippen molar-refractivity contribution in [1.29, 1.82) is 0 Å². The third-order valence-corrected chi connectivity index (χ3v) is 3.63. The van der Waals surface area contributed by atoms with Crippen LogP contribution in [0.1, 0.15) is 23.6 Å². The summed E-state index contributed by atoms with van der Waals surface area (Å²) >= 11 is 0. The highest BCUT2D eigenvalue weighted by molar-refractivity contribution is 5.69. The predicted octanol–water partition coefficient (Wildman–Crippen LogP) is 4.28. The molecule has 1 unspecified atom stereocenters. The average molecular weight is 235 g/mol. The lowest BCUT2D eigenvalue weighted by molar-refractivity contribution is 0.686. The second-order valence-corrected chi connectivity index (χ2v) is 4.73. The summed E-state index contributed by atoms with van der Waals surface area (Å²) in [5.74, 6) is 0. The van der Waals surface area contributed by atoms with E-state index in [2.05, 4.69) is 78.7 Å².